The molecule has 1 saturated carbocycles. The number of fused-ring (bicyclic) bond motifs is 4. The Hall–Kier alpha value is -2.26. The molecule has 1 aliphatic carbocycles. The van der Waals surface area contributed by atoms with Crippen LogP contribution in [0.2, 0.25) is 0 Å². The van der Waals surface area contributed by atoms with E-state index in [2.05, 4.69) is 73.5 Å². The quantitative estimate of drug-likeness (QED) is 0.566. The highest BCUT2D eigenvalue weighted by Gasteiger charge is 2.62. The van der Waals surface area contributed by atoms with Crippen LogP contribution in [0.25, 0.3) is 22.0 Å². The Bertz CT molecular complexity index is 1020. The second-order valence-corrected chi connectivity index (χ2v) is 8.80. The molecule has 3 N–H and O–H groups in total. The van der Waals surface area contributed by atoms with Crippen LogP contribution in [0.3, 0.4) is 0 Å². The summed E-state index contributed by atoms with van der Waals surface area (Å²) >= 11 is 0. The number of anilines is 1. The topological polar surface area (TPSA) is 48.0 Å². The third kappa shape index (κ3) is 1.82. The van der Waals surface area contributed by atoms with Crippen LogP contribution >= 0.6 is 0 Å². The first-order valence-electron chi connectivity index (χ1n) is 9.57. The van der Waals surface area contributed by atoms with E-state index in [1.807, 2.05) is 6.20 Å². The molecule has 0 radical (unpaired) electrons. The number of aliphatic hydroxyl groups is 1. The maximum Gasteiger partial charge on any atom is 0.0964 e. The van der Waals surface area contributed by atoms with Gasteiger partial charge in [-0.25, -0.2) is 0 Å². The van der Waals surface area contributed by atoms with Crippen molar-refractivity contribution in [1.82, 2.24) is 4.98 Å². The molecule has 2 atom stereocenters. The van der Waals surface area contributed by atoms with E-state index in [4.69, 9.17) is 0 Å². The van der Waals surface area contributed by atoms with Crippen molar-refractivity contribution in [3.05, 3.63) is 54.2 Å². The highest BCUT2D eigenvalue weighted by Crippen LogP contribution is 2.58. The van der Waals surface area contributed by atoms with Crippen LogP contribution in [0.4, 0.5) is 5.69 Å². The van der Waals surface area contributed by atoms with E-state index in [1.165, 1.54) is 27.6 Å². The number of aromatic nitrogens is 1. The summed E-state index contributed by atoms with van der Waals surface area (Å²) in [6, 6.07) is 15.2. The number of hydrogen-bond donors (Lipinski definition) is 3. The van der Waals surface area contributed by atoms with Crippen LogP contribution in [0, 0.1) is 0 Å². The Morgan fingerprint density at radius 1 is 1.00 bits per heavy atom. The Morgan fingerprint density at radius 3 is 2.69 bits per heavy atom. The second kappa shape index (κ2) is 4.92. The van der Waals surface area contributed by atoms with Crippen LogP contribution < -0.4 is 5.32 Å². The average Bonchev–Trinajstić information content (AvgIpc) is 3.20. The SMILES string of the molecule is CC1(C)Nc2ccc(-c3cccc4cc[nH]c34)cc2C2(C)CCCC12O. The van der Waals surface area contributed by atoms with Gasteiger partial charge in [0.15, 0.2) is 0 Å². The van der Waals surface area contributed by atoms with Gasteiger partial charge in [0.1, 0.15) is 0 Å². The van der Waals surface area contributed by atoms with E-state index >= 15 is 0 Å². The van der Waals surface area contributed by atoms with E-state index in [0.29, 0.717) is 0 Å². The number of rotatable bonds is 1. The van der Waals surface area contributed by atoms with Crippen LogP contribution in [-0.4, -0.2) is 21.2 Å². The number of benzene rings is 2. The molecule has 134 valence electrons. The lowest BCUT2D eigenvalue weighted by atomic mass is 9.60. The minimum Gasteiger partial charge on any atom is -0.387 e. The molecular weight excluding hydrogens is 320 g/mol. The molecule has 1 fully saturated rings. The number of H-pyrrole nitrogens is 1. The molecule has 3 heteroatoms. The number of para-hydroxylation sites is 1. The Morgan fingerprint density at radius 2 is 1.85 bits per heavy atom. The maximum absolute atomic E-state index is 11.7. The van der Waals surface area contributed by atoms with Gasteiger partial charge in [-0.15, -0.1) is 0 Å². The third-order valence-electron chi connectivity index (χ3n) is 7.12. The summed E-state index contributed by atoms with van der Waals surface area (Å²) in [6.45, 7) is 6.51. The molecular formula is C23H26N2O. The van der Waals surface area contributed by atoms with Gasteiger partial charge in [0.05, 0.1) is 16.7 Å². The Labute approximate surface area is 154 Å². The minimum atomic E-state index is -0.732. The van der Waals surface area contributed by atoms with Gasteiger partial charge in [0.25, 0.3) is 0 Å². The molecule has 0 saturated heterocycles. The molecule has 26 heavy (non-hydrogen) atoms. The fourth-order valence-corrected chi connectivity index (χ4v) is 5.58. The van der Waals surface area contributed by atoms with E-state index in [9.17, 15) is 5.11 Å². The monoisotopic (exact) mass is 346 g/mol. The lowest BCUT2D eigenvalue weighted by Gasteiger charge is -2.55. The largest absolute Gasteiger partial charge is 0.387 e. The van der Waals surface area contributed by atoms with Gasteiger partial charge in [-0.3, -0.25) is 0 Å². The summed E-state index contributed by atoms with van der Waals surface area (Å²) in [4.78, 5) is 3.38. The van der Waals surface area contributed by atoms with Crippen LogP contribution in [-0.2, 0) is 5.41 Å². The molecule has 1 aromatic heterocycles. The fraction of sp³-hybridized carbons (Fsp3) is 0.391. The Balaban J connectivity index is 1.74. The normalized spacial score (nSPS) is 29.2. The Kier molecular flexibility index (Phi) is 3.02. The van der Waals surface area contributed by atoms with E-state index in [1.54, 1.807) is 0 Å². The molecule has 3 aromatic rings. The number of aromatic amines is 1. The first-order valence-corrected chi connectivity index (χ1v) is 9.57. The van der Waals surface area contributed by atoms with Gasteiger partial charge >= 0.3 is 0 Å². The predicted molar refractivity (Wildman–Crippen MR) is 108 cm³/mol. The van der Waals surface area contributed by atoms with Crippen molar-refractivity contribution in [1.29, 1.82) is 0 Å². The molecule has 1 aliphatic heterocycles. The molecule has 0 amide bonds. The number of hydrogen-bond acceptors (Lipinski definition) is 2. The van der Waals surface area contributed by atoms with Gasteiger partial charge in [-0.1, -0.05) is 31.2 Å². The van der Waals surface area contributed by atoms with Crippen LogP contribution in [0.5, 0.6) is 0 Å². The van der Waals surface area contributed by atoms with Gasteiger partial charge in [0, 0.05) is 22.9 Å². The molecule has 0 spiro atoms. The van der Waals surface area contributed by atoms with Crippen molar-refractivity contribution < 1.29 is 5.11 Å². The fourth-order valence-electron chi connectivity index (χ4n) is 5.58. The summed E-state index contributed by atoms with van der Waals surface area (Å²) in [6.07, 6.45) is 4.93. The summed E-state index contributed by atoms with van der Waals surface area (Å²) in [5.74, 6) is 0. The molecule has 2 aliphatic rings. The maximum atomic E-state index is 11.7. The smallest absolute Gasteiger partial charge is 0.0964 e. The van der Waals surface area contributed by atoms with Crippen molar-refractivity contribution in [3.63, 3.8) is 0 Å². The van der Waals surface area contributed by atoms with Crippen molar-refractivity contribution in [3.8, 4) is 11.1 Å². The minimum absolute atomic E-state index is 0.225. The first kappa shape index (κ1) is 16.0. The highest BCUT2D eigenvalue weighted by atomic mass is 16.3. The average molecular weight is 346 g/mol. The van der Waals surface area contributed by atoms with Gasteiger partial charge in [0.2, 0.25) is 0 Å². The van der Waals surface area contributed by atoms with Gasteiger partial charge in [-0.05, 0) is 67.8 Å². The molecule has 2 aromatic carbocycles. The lowest BCUT2D eigenvalue weighted by molar-refractivity contribution is -0.0628. The molecule has 2 unspecified atom stereocenters. The van der Waals surface area contributed by atoms with E-state index in [0.717, 1.165) is 24.9 Å². The lowest BCUT2D eigenvalue weighted by Crippen LogP contribution is -2.65. The number of nitrogens with one attached hydrogen (secondary N) is 2. The summed E-state index contributed by atoms with van der Waals surface area (Å²) in [7, 11) is 0. The summed E-state index contributed by atoms with van der Waals surface area (Å²) < 4.78 is 0. The molecule has 0 bridgehead atoms. The molecule has 3 nitrogen and oxygen atoms in total. The van der Waals surface area contributed by atoms with Gasteiger partial charge < -0.3 is 15.4 Å². The standard InChI is InChI=1S/C23H26N2O/c1-21(2)23(26)12-5-11-22(23,3)18-14-16(8-9-19(18)25-21)17-7-4-6-15-10-13-24-20(15)17/h4,6-10,13-14,24-26H,5,11-12H2,1-3H3. The molecule has 5 rings (SSSR count). The molecule has 2 heterocycles. The van der Waals surface area contributed by atoms with Crippen LogP contribution in [0.1, 0.15) is 45.6 Å². The van der Waals surface area contributed by atoms with E-state index < -0.39 is 5.60 Å². The first-order chi connectivity index (χ1) is 12.4. The zero-order chi connectivity index (χ0) is 18.2. The summed E-state index contributed by atoms with van der Waals surface area (Å²) in [5, 5.41) is 16.5. The zero-order valence-electron chi connectivity index (χ0n) is 15.7. The van der Waals surface area contributed by atoms with Crippen molar-refractivity contribution in [2.75, 3.05) is 5.32 Å². The zero-order valence-corrected chi connectivity index (χ0v) is 15.7. The van der Waals surface area contributed by atoms with Crippen LogP contribution in [0.15, 0.2) is 48.7 Å². The highest BCUT2D eigenvalue weighted by molar-refractivity contribution is 5.94. The van der Waals surface area contributed by atoms with Crippen molar-refractivity contribution in [2.45, 2.75) is 56.6 Å². The predicted octanol–water partition coefficient (Wildman–Crippen LogP) is 5.21. The van der Waals surface area contributed by atoms with E-state index in [-0.39, 0.29) is 11.0 Å². The van der Waals surface area contributed by atoms with Gasteiger partial charge in [-0.2, -0.15) is 0 Å². The van der Waals surface area contributed by atoms with Crippen molar-refractivity contribution in [2.24, 2.45) is 0 Å². The third-order valence-corrected chi connectivity index (χ3v) is 7.12. The second-order valence-electron chi connectivity index (χ2n) is 8.80. The summed E-state index contributed by atoms with van der Waals surface area (Å²) in [5.41, 5.74) is 4.69. The van der Waals surface area contributed by atoms with Crippen molar-refractivity contribution >= 4 is 16.6 Å².